The molecule has 2 unspecified atom stereocenters. The number of aryl methyl sites for hydroxylation is 1. The van der Waals surface area contributed by atoms with E-state index in [1.54, 1.807) is 48.9 Å². The van der Waals surface area contributed by atoms with Crippen molar-refractivity contribution in [3.8, 4) is 0 Å². The molecule has 2 aromatic carbocycles. The van der Waals surface area contributed by atoms with Gasteiger partial charge >= 0.3 is 6.03 Å². The van der Waals surface area contributed by atoms with E-state index in [0.29, 0.717) is 38.0 Å². The minimum absolute atomic E-state index is 0.157. The zero-order chi connectivity index (χ0) is 23.4. The molecule has 1 heterocycles. The number of urea groups is 1. The number of carbonyl (C=O) groups excluding carboxylic acids is 3. The Hall–Kier alpha value is -2.72. The molecule has 0 aliphatic rings. The Morgan fingerprint density at radius 3 is 2.53 bits per heavy atom. The smallest absolute Gasteiger partial charge is 0.356 e. The van der Waals surface area contributed by atoms with E-state index in [9.17, 15) is 18.9 Å². The largest absolute Gasteiger partial charge is 0.588 e. The van der Waals surface area contributed by atoms with E-state index in [1.165, 1.54) is 12.1 Å². The fourth-order valence-corrected chi connectivity index (χ4v) is 4.13. The summed E-state index contributed by atoms with van der Waals surface area (Å²) >= 11 is 10.5. The molecule has 0 radical (unpaired) electrons. The number of amides is 3. The second-order valence-electron chi connectivity index (χ2n) is 7.01. The summed E-state index contributed by atoms with van der Waals surface area (Å²) in [4.78, 5) is 35.4. The molecular formula is C21H20Cl2N4O4S. The van der Waals surface area contributed by atoms with Crippen LogP contribution in [0.2, 0.25) is 10.0 Å². The van der Waals surface area contributed by atoms with Crippen LogP contribution in [0.5, 0.6) is 0 Å². The maximum atomic E-state index is 12.8. The van der Waals surface area contributed by atoms with E-state index in [1.807, 2.05) is 0 Å². The van der Waals surface area contributed by atoms with Gasteiger partial charge in [-0.15, -0.1) is 4.72 Å². The molecular weight excluding hydrogens is 475 g/mol. The summed E-state index contributed by atoms with van der Waals surface area (Å²) in [5.74, 6) is -0.355. The number of carbonyl (C=O) groups is 3. The van der Waals surface area contributed by atoms with E-state index in [2.05, 4.69) is 15.4 Å². The van der Waals surface area contributed by atoms with Crippen LogP contribution in [0.25, 0.3) is 10.9 Å². The first-order chi connectivity index (χ1) is 15.2. The standard InChI is InChI=1S/C21H20Cl2N4O4S/c1-12(9-10-28)24-21(30)26-32(31)14-5-3-13(4-6-14)25-20(29)18-11-15-17(27(18)2)8-7-16(22)19(15)23/h3-8,10-12H,9H2,1-2H3,(H,25,29)(H2,24,26,30). The Balaban J connectivity index is 1.67. The Morgan fingerprint density at radius 2 is 1.88 bits per heavy atom. The van der Waals surface area contributed by atoms with Crippen molar-refractivity contribution in [1.82, 2.24) is 14.6 Å². The lowest BCUT2D eigenvalue weighted by molar-refractivity contribution is -0.108. The molecule has 0 aliphatic heterocycles. The van der Waals surface area contributed by atoms with Gasteiger partial charge in [-0.05, 0) is 49.4 Å². The van der Waals surface area contributed by atoms with Crippen molar-refractivity contribution in [2.45, 2.75) is 24.3 Å². The molecule has 0 bridgehead atoms. The van der Waals surface area contributed by atoms with Crippen LogP contribution in [0.15, 0.2) is 47.4 Å². The molecule has 11 heteroatoms. The van der Waals surface area contributed by atoms with E-state index in [0.717, 1.165) is 5.52 Å². The van der Waals surface area contributed by atoms with Crippen LogP contribution in [0.3, 0.4) is 0 Å². The van der Waals surface area contributed by atoms with Gasteiger partial charge in [0.15, 0.2) is 4.90 Å². The van der Waals surface area contributed by atoms with Gasteiger partial charge in [-0.25, -0.2) is 4.79 Å². The number of nitrogens with zero attached hydrogens (tertiary/aromatic N) is 1. The predicted molar refractivity (Wildman–Crippen MR) is 126 cm³/mol. The summed E-state index contributed by atoms with van der Waals surface area (Å²) in [7, 11) is 1.75. The minimum atomic E-state index is -1.80. The third-order valence-electron chi connectivity index (χ3n) is 4.68. The SMILES string of the molecule is CC(CC=O)NC(=O)N[S+]([O-])c1ccc(NC(=O)c2cc3c(Cl)c(Cl)ccc3n2C)cc1. The molecule has 1 aromatic heterocycles. The number of hydrogen-bond donors (Lipinski definition) is 3. The van der Waals surface area contributed by atoms with Crippen molar-refractivity contribution in [2.75, 3.05) is 5.32 Å². The van der Waals surface area contributed by atoms with Gasteiger partial charge in [0.1, 0.15) is 23.3 Å². The molecule has 3 N–H and O–H groups in total. The highest BCUT2D eigenvalue weighted by molar-refractivity contribution is 7.90. The van der Waals surface area contributed by atoms with E-state index in [-0.39, 0.29) is 18.4 Å². The van der Waals surface area contributed by atoms with Crippen LogP contribution < -0.4 is 15.4 Å². The number of rotatable bonds is 7. The summed E-state index contributed by atoms with van der Waals surface area (Å²) in [5.41, 5.74) is 1.64. The van der Waals surface area contributed by atoms with Crippen molar-refractivity contribution in [2.24, 2.45) is 7.05 Å². The molecule has 168 valence electrons. The normalized spacial score (nSPS) is 12.8. The average molecular weight is 495 g/mol. The number of benzene rings is 2. The summed E-state index contributed by atoms with van der Waals surface area (Å²) in [6, 6.07) is 10.3. The average Bonchev–Trinajstić information content (AvgIpc) is 3.08. The van der Waals surface area contributed by atoms with E-state index >= 15 is 0 Å². The van der Waals surface area contributed by atoms with E-state index < -0.39 is 17.4 Å². The number of nitrogens with one attached hydrogen (secondary N) is 3. The second kappa shape index (κ2) is 10.3. The Kier molecular flexibility index (Phi) is 7.68. The Morgan fingerprint density at radius 1 is 1.19 bits per heavy atom. The van der Waals surface area contributed by atoms with Crippen molar-refractivity contribution >= 4 is 69.4 Å². The first kappa shape index (κ1) is 23.9. The lowest BCUT2D eigenvalue weighted by atomic mass is 10.2. The van der Waals surface area contributed by atoms with Crippen LogP contribution in [0.4, 0.5) is 10.5 Å². The summed E-state index contributed by atoms with van der Waals surface area (Å²) in [5, 5.41) is 6.73. The highest BCUT2D eigenvalue weighted by Gasteiger charge is 2.19. The zero-order valence-corrected chi connectivity index (χ0v) is 19.5. The number of hydrogen-bond acceptors (Lipinski definition) is 4. The van der Waals surface area contributed by atoms with Gasteiger partial charge < -0.3 is 24.5 Å². The molecule has 3 rings (SSSR count). The summed E-state index contributed by atoms with van der Waals surface area (Å²) in [6.45, 7) is 1.66. The minimum Gasteiger partial charge on any atom is -0.588 e. The maximum Gasteiger partial charge on any atom is 0.356 e. The zero-order valence-electron chi connectivity index (χ0n) is 17.1. The third kappa shape index (κ3) is 5.36. The predicted octanol–water partition coefficient (Wildman–Crippen LogP) is 4.04. The number of halogens is 2. The second-order valence-corrected chi connectivity index (χ2v) is 9.01. The molecule has 8 nitrogen and oxygen atoms in total. The van der Waals surface area contributed by atoms with Gasteiger partial charge in [-0.3, -0.25) is 4.79 Å². The van der Waals surface area contributed by atoms with Crippen LogP contribution in [-0.2, 0) is 23.2 Å². The first-order valence-electron chi connectivity index (χ1n) is 9.48. The molecule has 0 saturated carbocycles. The molecule has 2 atom stereocenters. The van der Waals surface area contributed by atoms with Gasteiger partial charge in [0.05, 0.1) is 10.0 Å². The maximum absolute atomic E-state index is 12.8. The summed E-state index contributed by atoms with van der Waals surface area (Å²) in [6.07, 6.45) is 0.848. The Labute approximate surface area is 197 Å². The summed E-state index contributed by atoms with van der Waals surface area (Å²) < 4.78 is 16.3. The van der Waals surface area contributed by atoms with Gasteiger partial charge in [-0.2, -0.15) is 0 Å². The number of aromatic nitrogens is 1. The molecule has 3 aromatic rings. The fraction of sp³-hybridized carbons (Fsp3) is 0.190. The van der Waals surface area contributed by atoms with Crippen molar-refractivity contribution in [3.05, 3.63) is 58.2 Å². The topological polar surface area (TPSA) is 115 Å². The van der Waals surface area contributed by atoms with Crippen LogP contribution in [-0.4, -0.2) is 33.4 Å². The van der Waals surface area contributed by atoms with Crippen LogP contribution >= 0.6 is 23.2 Å². The number of aldehydes is 1. The molecule has 0 spiro atoms. The van der Waals surface area contributed by atoms with Gasteiger partial charge in [0.2, 0.25) is 0 Å². The number of fused-ring (bicyclic) bond motifs is 1. The van der Waals surface area contributed by atoms with E-state index in [4.69, 9.17) is 23.2 Å². The van der Waals surface area contributed by atoms with Gasteiger partial charge in [0.25, 0.3) is 5.91 Å². The lowest BCUT2D eigenvalue weighted by Gasteiger charge is -2.14. The molecule has 3 amide bonds. The fourth-order valence-electron chi connectivity index (χ4n) is 3.02. The monoisotopic (exact) mass is 494 g/mol. The van der Waals surface area contributed by atoms with Gasteiger partial charge in [-0.1, -0.05) is 23.2 Å². The molecule has 0 aliphatic carbocycles. The highest BCUT2D eigenvalue weighted by atomic mass is 35.5. The van der Waals surface area contributed by atoms with Crippen LogP contribution in [0, 0.1) is 0 Å². The molecule has 0 saturated heterocycles. The highest BCUT2D eigenvalue weighted by Crippen LogP contribution is 2.32. The van der Waals surface area contributed by atoms with Crippen LogP contribution in [0.1, 0.15) is 23.8 Å². The molecule has 0 fully saturated rings. The first-order valence-corrected chi connectivity index (χ1v) is 11.4. The lowest BCUT2D eigenvalue weighted by Crippen LogP contribution is -2.43. The van der Waals surface area contributed by atoms with Gasteiger partial charge in [0, 0.05) is 36.1 Å². The quantitative estimate of drug-likeness (QED) is 0.339. The van der Waals surface area contributed by atoms with Crippen molar-refractivity contribution in [1.29, 1.82) is 0 Å². The van der Waals surface area contributed by atoms with Crippen molar-refractivity contribution in [3.63, 3.8) is 0 Å². The Bertz CT molecular complexity index is 1170. The van der Waals surface area contributed by atoms with Crippen molar-refractivity contribution < 1.29 is 18.9 Å². The number of anilines is 1. The molecule has 32 heavy (non-hydrogen) atoms. The third-order valence-corrected chi connectivity index (χ3v) is 6.57.